The first kappa shape index (κ1) is 19.5. The molecule has 1 aromatic heterocycles. The molecule has 1 N–H and O–H groups in total. The third-order valence-electron chi connectivity index (χ3n) is 5.15. The van der Waals surface area contributed by atoms with Crippen LogP contribution in [-0.4, -0.2) is 28.8 Å². The van der Waals surface area contributed by atoms with Crippen molar-refractivity contribution in [3.63, 3.8) is 0 Å². The maximum atomic E-state index is 13.0. The van der Waals surface area contributed by atoms with E-state index in [4.69, 9.17) is 9.15 Å². The Bertz CT molecular complexity index is 1130. The fourth-order valence-electron chi connectivity index (χ4n) is 3.71. The van der Waals surface area contributed by atoms with Crippen molar-refractivity contribution in [3.8, 4) is 5.75 Å². The van der Waals surface area contributed by atoms with Gasteiger partial charge >= 0.3 is 0 Å². The molecular weight excluding hydrogens is 382 g/mol. The van der Waals surface area contributed by atoms with Crippen LogP contribution in [-0.2, 0) is 16.1 Å². The lowest BCUT2D eigenvalue weighted by atomic mass is 9.99. The van der Waals surface area contributed by atoms with Crippen molar-refractivity contribution in [2.24, 2.45) is 0 Å². The zero-order chi connectivity index (χ0) is 21.3. The number of para-hydroxylation sites is 1. The molecule has 0 saturated carbocycles. The largest absolute Gasteiger partial charge is 0.507 e. The molecule has 30 heavy (non-hydrogen) atoms. The summed E-state index contributed by atoms with van der Waals surface area (Å²) in [6.07, 6.45) is 0. The van der Waals surface area contributed by atoms with E-state index < -0.39 is 17.7 Å². The van der Waals surface area contributed by atoms with Crippen LogP contribution in [0.4, 0.5) is 0 Å². The summed E-state index contributed by atoms with van der Waals surface area (Å²) >= 11 is 0. The van der Waals surface area contributed by atoms with E-state index >= 15 is 0 Å². The van der Waals surface area contributed by atoms with Gasteiger partial charge in [-0.25, -0.2) is 0 Å². The average Bonchev–Trinajstić information content (AvgIpc) is 3.30. The Morgan fingerprint density at radius 1 is 1.03 bits per heavy atom. The summed E-state index contributed by atoms with van der Waals surface area (Å²) in [6, 6.07) is 18.6. The molecule has 0 radical (unpaired) electrons. The van der Waals surface area contributed by atoms with Crippen LogP contribution in [0.15, 0.2) is 76.7 Å². The van der Waals surface area contributed by atoms with Crippen LogP contribution in [0.3, 0.4) is 0 Å². The van der Waals surface area contributed by atoms with Crippen LogP contribution in [0.5, 0.6) is 5.75 Å². The second-order valence-electron chi connectivity index (χ2n) is 7.05. The summed E-state index contributed by atoms with van der Waals surface area (Å²) in [5.41, 5.74) is 1.21. The van der Waals surface area contributed by atoms with Gasteiger partial charge < -0.3 is 19.2 Å². The fourth-order valence-corrected chi connectivity index (χ4v) is 3.71. The number of Topliss-reactive ketones (excluding diaryl/α,β-unsaturated/α-hetero) is 1. The molecule has 2 heterocycles. The molecule has 1 aliphatic rings. The third kappa shape index (κ3) is 3.37. The standard InChI is InChI=1S/C24H21NO5/c1-15-12-13-19(30-15)21-20(22(26)16-8-4-3-5-9-16)23(27)24(28)25(21)14-17-10-6-7-11-18(17)29-2/h3-13,21,26H,14H2,1-2H3/b22-20+. The van der Waals surface area contributed by atoms with Crippen molar-refractivity contribution in [2.75, 3.05) is 7.11 Å². The van der Waals surface area contributed by atoms with Gasteiger partial charge in [0.2, 0.25) is 0 Å². The predicted octanol–water partition coefficient (Wildman–Crippen LogP) is 4.22. The van der Waals surface area contributed by atoms with E-state index in [1.807, 2.05) is 24.3 Å². The number of aryl methyl sites for hydroxylation is 1. The maximum absolute atomic E-state index is 13.0. The lowest BCUT2D eigenvalue weighted by Gasteiger charge is -2.24. The number of hydrogen-bond donors (Lipinski definition) is 1. The fraction of sp³-hybridized carbons (Fsp3) is 0.167. The van der Waals surface area contributed by atoms with Crippen molar-refractivity contribution >= 4 is 17.4 Å². The lowest BCUT2D eigenvalue weighted by Crippen LogP contribution is -2.29. The second-order valence-corrected chi connectivity index (χ2v) is 7.05. The van der Waals surface area contributed by atoms with Gasteiger partial charge in [-0.15, -0.1) is 0 Å². The van der Waals surface area contributed by atoms with Gasteiger partial charge in [-0.1, -0.05) is 48.5 Å². The molecule has 152 valence electrons. The monoisotopic (exact) mass is 403 g/mol. The highest BCUT2D eigenvalue weighted by molar-refractivity contribution is 6.46. The summed E-state index contributed by atoms with van der Waals surface area (Å²) in [5.74, 6) is 0.00165. The minimum Gasteiger partial charge on any atom is -0.507 e. The van der Waals surface area contributed by atoms with Gasteiger partial charge in [-0.05, 0) is 25.1 Å². The highest BCUT2D eigenvalue weighted by Gasteiger charge is 2.47. The number of ether oxygens (including phenoxy) is 1. The van der Waals surface area contributed by atoms with Crippen molar-refractivity contribution < 1.29 is 23.8 Å². The van der Waals surface area contributed by atoms with Crippen molar-refractivity contribution in [2.45, 2.75) is 19.5 Å². The number of likely N-dealkylation sites (tertiary alicyclic amines) is 1. The molecule has 1 saturated heterocycles. The number of aliphatic hydroxyl groups excluding tert-OH is 1. The number of carbonyl (C=O) groups is 2. The second kappa shape index (κ2) is 7.91. The number of nitrogens with zero attached hydrogens (tertiary/aromatic N) is 1. The SMILES string of the molecule is COc1ccccc1CN1C(=O)C(=O)/C(=C(/O)c2ccccc2)C1c1ccc(C)o1. The van der Waals surface area contributed by atoms with Gasteiger partial charge in [-0.2, -0.15) is 0 Å². The van der Waals surface area contributed by atoms with Crippen molar-refractivity contribution in [3.05, 3.63) is 95.0 Å². The number of ketones is 1. The topological polar surface area (TPSA) is 80.0 Å². The molecule has 2 aromatic carbocycles. The number of methoxy groups -OCH3 is 1. The van der Waals surface area contributed by atoms with Gasteiger partial charge in [0.1, 0.15) is 29.1 Å². The Morgan fingerprint density at radius 2 is 1.73 bits per heavy atom. The zero-order valence-corrected chi connectivity index (χ0v) is 16.7. The molecule has 1 atom stereocenters. The quantitative estimate of drug-likeness (QED) is 0.392. The van der Waals surface area contributed by atoms with E-state index in [0.29, 0.717) is 22.8 Å². The summed E-state index contributed by atoms with van der Waals surface area (Å²) in [4.78, 5) is 27.4. The number of benzene rings is 2. The lowest BCUT2D eigenvalue weighted by molar-refractivity contribution is -0.140. The summed E-state index contributed by atoms with van der Waals surface area (Å²) in [7, 11) is 1.55. The van der Waals surface area contributed by atoms with E-state index in [0.717, 1.165) is 5.56 Å². The van der Waals surface area contributed by atoms with Gasteiger partial charge in [-0.3, -0.25) is 9.59 Å². The number of carbonyl (C=O) groups excluding carboxylic acids is 2. The van der Waals surface area contributed by atoms with Crippen molar-refractivity contribution in [1.82, 2.24) is 4.90 Å². The Balaban J connectivity index is 1.85. The molecule has 6 heteroatoms. The Kier molecular flexibility index (Phi) is 5.14. The molecule has 6 nitrogen and oxygen atoms in total. The Labute approximate surface area is 174 Å². The smallest absolute Gasteiger partial charge is 0.296 e. The van der Waals surface area contributed by atoms with E-state index in [-0.39, 0.29) is 17.9 Å². The van der Waals surface area contributed by atoms with Crippen LogP contribution in [0.25, 0.3) is 5.76 Å². The molecule has 0 aliphatic carbocycles. The number of furan rings is 1. The van der Waals surface area contributed by atoms with Crippen LogP contribution in [0.1, 0.15) is 28.7 Å². The summed E-state index contributed by atoms with van der Waals surface area (Å²) in [5, 5.41) is 10.9. The minimum atomic E-state index is -0.844. The average molecular weight is 403 g/mol. The van der Waals surface area contributed by atoms with Gasteiger partial charge in [0.05, 0.1) is 19.2 Å². The van der Waals surface area contributed by atoms with Crippen LogP contribution in [0.2, 0.25) is 0 Å². The first-order valence-corrected chi connectivity index (χ1v) is 9.53. The van der Waals surface area contributed by atoms with Gasteiger partial charge in [0.25, 0.3) is 11.7 Å². The first-order chi connectivity index (χ1) is 14.5. The van der Waals surface area contributed by atoms with E-state index in [9.17, 15) is 14.7 Å². The van der Waals surface area contributed by atoms with E-state index in [2.05, 4.69) is 0 Å². The van der Waals surface area contributed by atoms with Crippen LogP contribution >= 0.6 is 0 Å². The maximum Gasteiger partial charge on any atom is 0.296 e. The summed E-state index contributed by atoms with van der Waals surface area (Å²) < 4.78 is 11.2. The van der Waals surface area contributed by atoms with E-state index in [1.54, 1.807) is 56.5 Å². The van der Waals surface area contributed by atoms with E-state index in [1.165, 1.54) is 4.90 Å². The normalized spacial score (nSPS) is 18.1. The zero-order valence-electron chi connectivity index (χ0n) is 16.7. The van der Waals surface area contributed by atoms with Gasteiger partial charge in [0.15, 0.2) is 0 Å². The van der Waals surface area contributed by atoms with Gasteiger partial charge in [0, 0.05) is 11.1 Å². The first-order valence-electron chi connectivity index (χ1n) is 9.53. The number of hydrogen-bond acceptors (Lipinski definition) is 5. The molecule has 0 bridgehead atoms. The molecule has 1 aliphatic heterocycles. The molecular formula is C24H21NO5. The number of rotatable bonds is 5. The highest BCUT2D eigenvalue weighted by atomic mass is 16.5. The molecule has 1 fully saturated rings. The minimum absolute atomic E-state index is 0.00967. The Morgan fingerprint density at radius 3 is 2.40 bits per heavy atom. The molecule has 4 rings (SSSR count). The molecule has 1 amide bonds. The number of amides is 1. The predicted molar refractivity (Wildman–Crippen MR) is 111 cm³/mol. The Hall–Kier alpha value is -3.80. The number of aliphatic hydroxyl groups is 1. The van der Waals surface area contributed by atoms with Crippen LogP contribution in [0, 0.1) is 6.92 Å². The molecule has 1 unspecified atom stereocenters. The van der Waals surface area contributed by atoms with Crippen LogP contribution < -0.4 is 4.74 Å². The highest BCUT2D eigenvalue weighted by Crippen LogP contribution is 2.41. The summed E-state index contributed by atoms with van der Waals surface area (Å²) in [6.45, 7) is 1.91. The third-order valence-corrected chi connectivity index (χ3v) is 5.15. The molecule has 3 aromatic rings. The van der Waals surface area contributed by atoms with Crippen molar-refractivity contribution in [1.29, 1.82) is 0 Å². The molecule has 0 spiro atoms.